The number of benzene rings is 2. The average Bonchev–Trinajstić information content (AvgIpc) is 3.03. The van der Waals surface area contributed by atoms with Crippen LogP contribution in [0.1, 0.15) is 22.8 Å². The highest BCUT2D eigenvalue weighted by Gasteiger charge is 2.07. The summed E-state index contributed by atoms with van der Waals surface area (Å²) in [7, 11) is 0. The topological polar surface area (TPSA) is 76.0 Å². The fourth-order valence-electron chi connectivity index (χ4n) is 2.36. The first-order valence-corrected chi connectivity index (χ1v) is 7.82. The van der Waals surface area contributed by atoms with E-state index in [0.717, 1.165) is 11.3 Å². The molecule has 3 aromatic rings. The molecule has 126 valence electrons. The van der Waals surface area contributed by atoms with E-state index in [1.807, 2.05) is 25.3 Å². The van der Waals surface area contributed by atoms with Crippen LogP contribution in [0.2, 0.25) is 0 Å². The van der Waals surface area contributed by atoms with E-state index in [9.17, 15) is 9.59 Å². The van der Waals surface area contributed by atoms with Gasteiger partial charge < -0.3 is 10.6 Å². The lowest BCUT2D eigenvalue weighted by atomic mass is 10.2. The summed E-state index contributed by atoms with van der Waals surface area (Å²) in [5.74, 6) is -0.334. The van der Waals surface area contributed by atoms with E-state index < -0.39 is 0 Å². The van der Waals surface area contributed by atoms with Gasteiger partial charge >= 0.3 is 0 Å². The smallest absolute Gasteiger partial charge is 0.255 e. The van der Waals surface area contributed by atoms with Crippen molar-refractivity contribution < 1.29 is 9.59 Å². The van der Waals surface area contributed by atoms with Crippen molar-refractivity contribution in [3.05, 3.63) is 72.1 Å². The zero-order valence-electron chi connectivity index (χ0n) is 14.0. The summed E-state index contributed by atoms with van der Waals surface area (Å²) in [6.45, 7) is 3.42. The molecule has 2 aromatic carbocycles. The number of rotatable bonds is 4. The van der Waals surface area contributed by atoms with Crippen molar-refractivity contribution in [3.8, 4) is 5.69 Å². The molecular formula is C19H18N4O2. The maximum atomic E-state index is 12.3. The Balaban J connectivity index is 1.67. The highest BCUT2D eigenvalue weighted by atomic mass is 16.2. The second kappa shape index (κ2) is 7.00. The van der Waals surface area contributed by atoms with Crippen molar-refractivity contribution in [1.29, 1.82) is 0 Å². The quantitative estimate of drug-likeness (QED) is 0.768. The predicted octanol–water partition coefficient (Wildman–Crippen LogP) is 3.39. The molecule has 2 N–H and O–H groups in total. The lowest BCUT2D eigenvalue weighted by Crippen LogP contribution is -2.12. The van der Waals surface area contributed by atoms with E-state index in [-0.39, 0.29) is 11.8 Å². The number of carbonyl (C=O) groups excluding carboxylic acids is 2. The van der Waals surface area contributed by atoms with Crippen molar-refractivity contribution in [3.63, 3.8) is 0 Å². The molecule has 1 heterocycles. The zero-order valence-corrected chi connectivity index (χ0v) is 14.0. The summed E-state index contributed by atoms with van der Waals surface area (Å²) in [5.41, 5.74) is 3.86. The highest BCUT2D eigenvalue weighted by Crippen LogP contribution is 2.16. The first kappa shape index (κ1) is 16.4. The van der Waals surface area contributed by atoms with Gasteiger partial charge in [0.25, 0.3) is 5.91 Å². The molecule has 0 bridgehead atoms. The summed E-state index contributed by atoms with van der Waals surface area (Å²) in [4.78, 5) is 23.3. The minimum absolute atomic E-state index is 0.135. The van der Waals surface area contributed by atoms with Gasteiger partial charge in [0.1, 0.15) is 0 Å². The van der Waals surface area contributed by atoms with Crippen LogP contribution in [0.25, 0.3) is 5.69 Å². The third-order valence-corrected chi connectivity index (χ3v) is 3.57. The summed E-state index contributed by atoms with van der Waals surface area (Å²) >= 11 is 0. The van der Waals surface area contributed by atoms with E-state index in [1.54, 1.807) is 47.3 Å². The van der Waals surface area contributed by atoms with Crippen LogP contribution in [0.15, 0.2) is 60.9 Å². The van der Waals surface area contributed by atoms with Crippen LogP contribution >= 0.6 is 0 Å². The maximum absolute atomic E-state index is 12.3. The van der Waals surface area contributed by atoms with E-state index in [0.29, 0.717) is 16.9 Å². The fraction of sp³-hybridized carbons (Fsp3) is 0.105. The van der Waals surface area contributed by atoms with Crippen LogP contribution in [-0.2, 0) is 4.79 Å². The standard InChI is InChI=1S/C19H18N4O2/c1-13-11-20-23(12-13)18-9-3-15(4-10-18)19(25)22-17-7-5-16(6-8-17)21-14(2)24/h3-12H,1-2H3,(H,21,24)(H,22,25). The van der Waals surface area contributed by atoms with E-state index in [4.69, 9.17) is 0 Å². The Morgan fingerprint density at radius 1 is 0.920 bits per heavy atom. The van der Waals surface area contributed by atoms with Crippen molar-refractivity contribution in [2.24, 2.45) is 0 Å². The van der Waals surface area contributed by atoms with Crippen LogP contribution in [-0.4, -0.2) is 21.6 Å². The molecule has 0 fully saturated rings. The summed E-state index contributed by atoms with van der Waals surface area (Å²) < 4.78 is 1.76. The highest BCUT2D eigenvalue weighted by molar-refractivity contribution is 6.04. The monoisotopic (exact) mass is 334 g/mol. The Morgan fingerprint density at radius 2 is 1.52 bits per heavy atom. The molecule has 3 rings (SSSR count). The second-order valence-corrected chi connectivity index (χ2v) is 5.72. The van der Waals surface area contributed by atoms with Gasteiger partial charge in [0.05, 0.1) is 11.9 Å². The number of nitrogens with zero attached hydrogens (tertiary/aromatic N) is 2. The zero-order chi connectivity index (χ0) is 17.8. The molecule has 25 heavy (non-hydrogen) atoms. The van der Waals surface area contributed by atoms with Gasteiger partial charge in [-0.3, -0.25) is 9.59 Å². The molecule has 0 aliphatic rings. The van der Waals surface area contributed by atoms with Gasteiger partial charge in [0, 0.05) is 30.1 Å². The van der Waals surface area contributed by atoms with Crippen molar-refractivity contribution in [2.75, 3.05) is 10.6 Å². The average molecular weight is 334 g/mol. The van der Waals surface area contributed by atoms with Crippen molar-refractivity contribution in [1.82, 2.24) is 9.78 Å². The molecule has 0 unspecified atom stereocenters. The van der Waals surface area contributed by atoms with Crippen LogP contribution in [0.4, 0.5) is 11.4 Å². The molecule has 1 aromatic heterocycles. The lowest BCUT2D eigenvalue weighted by molar-refractivity contribution is -0.114. The molecule has 6 heteroatoms. The number of aromatic nitrogens is 2. The number of nitrogens with one attached hydrogen (secondary N) is 2. The largest absolute Gasteiger partial charge is 0.326 e. The molecule has 6 nitrogen and oxygen atoms in total. The number of anilines is 2. The molecule has 0 radical (unpaired) electrons. The molecule has 0 spiro atoms. The van der Waals surface area contributed by atoms with Gasteiger partial charge in [-0.25, -0.2) is 4.68 Å². The fourth-order valence-corrected chi connectivity index (χ4v) is 2.36. The van der Waals surface area contributed by atoms with E-state index >= 15 is 0 Å². The molecule has 0 saturated carbocycles. The Morgan fingerprint density at radius 3 is 2.04 bits per heavy atom. The summed E-state index contributed by atoms with van der Waals surface area (Å²) in [6.07, 6.45) is 3.71. The molecule has 0 atom stereocenters. The number of aryl methyl sites for hydroxylation is 1. The molecule has 0 aliphatic heterocycles. The Labute approximate surface area is 145 Å². The summed E-state index contributed by atoms with van der Waals surface area (Å²) in [5, 5.41) is 9.75. The third-order valence-electron chi connectivity index (χ3n) is 3.57. The van der Waals surface area contributed by atoms with Gasteiger partial charge in [-0.2, -0.15) is 5.10 Å². The first-order chi connectivity index (χ1) is 12.0. The molecular weight excluding hydrogens is 316 g/mol. The molecule has 0 saturated heterocycles. The number of amides is 2. The normalized spacial score (nSPS) is 10.3. The van der Waals surface area contributed by atoms with Crippen LogP contribution < -0.4 is 10.6 Å². The summed E-state index contributed by atoms with van der Waals surface area (Å²) in [6, 6.07) is 14.2. The third kappa shape index (κ3) is 4.11. The molecule has 0 aliphatic carbocycles. The van der Waals surface area contributed by atoms with E-state index in [2.05, 4.69) is 15.7 Å². The second-order valence-electron chi connectivity index (χ2n) is 5.72. The van der Waals surface area contributed by atoms with Crippen LogP contribution in [0, 0.1) is 6.92 Å². The Kier molecular flexibility index (Phi) is 4.61. The van der Waals surface area contributed by atoms with Crippen molar-refractivity contribution >= 4 is 23.2 Å². The van der Waals surface area contributed by atoms with Gasteiger partial charge in [-0.05, 0) is 61.0 Å². The Bertz CT molecular complexity index is 896. The molecule has 2 amide bonds. The minimum atomic E-state index is -0.199. The van der Waals surface area contributed by atoms with Gasteiger partial charge in [0.15, 0.2) is 0 Å². The van der Waals surface area contributed by atoms with Gasteiger partial charge in [-0.15, -0.1) is 0 Å². The first-order valence-electron chi connectivity index (χ1n) is 7.82. The van der Waals surface area contributed by atoms with Gasteiger partial charge in [-0.1, -0.05) is 0 Å². The number of carbonyl (C=O) groups is 2. The maximum Gasteiger partial charge on any atom is 0.255 e. The Hall–Kier alpha value is -3.41. The number of hydrogen-bond acceptors (Lipinski definition) is 3. The van der Waals surface area contributed by atoms with Crippen LogP contribution in [0.3, 0.4) is 0 Å². The van der Waals surface area contributed by atoms with Crippen molar-refractivity contribution in [2.45, 2.75) is 13.8 Å². The number of hydrogen-bond donors (Lipinski definition) is 2. The SMILES string of the molecule is CC(=O)Nc1ccc(NC(=O)c2ccc(-n3cc(C)cn3)cc2)cc1. The lowest BCUT2D eigenvalue weighted by Gasteiger charge is -2.08. The van der Waals surface area contributed by atoms with E-state index in [1.165, 1.54) is 6.92 Å². The minimum Gasteiger partial charge on any atom is -0.326 e. The van der Waals surface area contributed by atoms with Crippen LogP contribution in [0.5, 0.6) is 0 Å². The van der Waals surface area contributed by atoms with Gasteiger partial charge in [0.2, 0.25) is 5.91 Å². The predicted molar refractivity (Wildman–Crippen MR) is 97.0 cm³/mol.